The van der Waals surface area contributed by atoms with Crippen molar-refractivity contribution in [2.45, 2.75) is 111 Å². The number of aliphatic hydroxyl groups excluding tert-OH is 2. The number of hydrogen-bond acceptors (Lipinski definition) is 8. The maximum atomic E-state index is 12.3. The van der Waals surface area contributed by atoms with Crippen molar-refractivity contribution in [2.24, 2.45) is 33.1 Å². The molecule has 0 bridgehead atoms. The van der Waals surface area contributed by atoms with Crippen molar-refractivity contribution in [1.82, 2.24) is 10.6 Å². The van der Waals surface area contributed by atoms with Crippen molar-refractivity contribution in [1.29, 1.82) is 0 Å². The molecule has 8 N–H and O–H groups in total. The number of ether oxygens (including phenoxy) is 2. The molecule has 37 heavy (non-hydrogen) atoms. The first kappa shape index (κ1) is 31.6. The van der Waals surface area contributed by atoms with E-state index in [2.05, 4.69) is 52.2 Å². The second-order valence-corrected chi connectivity index (χ2v) is 14.0. The van der Waals surface area contributed by atoms with Crippen molar-refractivity contribution in [3.05, 3.63) is 0 Å². The van der Waals surface area contributed by atoms with Crippen LogP contribution in [-0.4, -0.2) is 73.0 Å². The maximum Gasteiger partial charge on any atom is 0.407 e. The molecule has 0 aromatic carbocycles. The highest BCUT2D eigenvalue weighted by molar-refractivity contribution is 5.68. The van der Waals surface area contributed by atoms with E-state index in [1.54, 1.807) is 0 Å². The van der Waals surface area contributed by atoms with E-state index in [0.29, 0.717) is 13.1 Å². The van der Waals surface area contributed by atoms with Gasteiger partial charge in [-0.2, -0.15) is 0 Å². The molecule has 0 aliphatic heterocycles. The highest BCUT2D eigenvalue weighted by atomic mass is 16.6. The molecule has 0 heterocycles. The minimum Gasteiger partial charge on any atom is -0.447 e. The van der Waals surface area contributed by atoms with Gasteiger partial charge in [0.25, 0.3) is 0 Å². The first-order chi connectivity index (χ1) is 17.0. The van der Waals surface area contributed by atoms with Crippen LogP contribution in [0.1, 0.15) is 86.5 Å². The number of alkyl carbamates (subject to hydrolysis) is 2. The first-order valence-corrected chi connectivity index (χ1v) is 13.6. The predicted octanol–water partition coefficient (Wildman–Crippen LogP) is 2.64. The van der Waals surface area contributed by atoms with Gasteiger partial charge in [-0.15, -0.1) is 0 Å². The average molecular weight is 529 g/mol. The Morgan fingerprint density at radius 1 is 0.757 bits per heavy atom. The minimum atomic E-state index is -1.09. The van der Waals surface area contributed by atoms with E-state index in [-0.39, 0.29) is 53.4 Å². The third kappa shape index (κ3) is 10.6. The lowest BCUT2D eigenvalue weighted by molar-refractivity contribution is 0.00309. The van der Waals surface area contributed by atoms with Crippen LogP contribution in [0.4, 0.5) is 9.59 Å². The fourth-order valence-corrected chi connectivity index (χ4v) is 6.99. The highest BCUT2D eigenvalue weighted by Crippen LogP contribution is 2.46. The molecule has 2 saturated carbocycles. The minimum absolute atomic E-state index is 0.0487. The summed E-state index contributed by atoms with van der Waals surface area (Å²) in [5, 5.41) is 26.2. The van der Waals surface area contributed by atoms with Crippen molar-refractivity contribution in [3.63, 3.8) is 0 Å². The third-order valence-electron chi connectivity index (χ3n) is 7.87. The fourth-order valence-electron chi connectivity index (χ4n) is 6.99. The second kappa shape index (κ2) is 12.5. The van der Waals surface area contributed by atoms with Gasteiger partial charge in [0.15, 0.2) is 0 Å². The number of rotatable bonds is 10. The lowest BCUT2D eigenvalue weighted by Crippen LogP contribution is -2.49. The third-order valence-corrected chi connectivity index (χ3v) is 7.87. The van der Waals surface area contributed by atoms with Gasteiger partial charge < -0.3 is 41.8 Å². The second-order valence-electron chi connectivity index (χ2n) is 14.0. The van der Waals surface area contributed by atoms with Crippen molar-refractivity contribution in [2.75, 3.05) is 26.3 Å². The molecule has 2 fully saturated rings. The van der Waals surface area contributed by atoms with Crippen LogP contribution < -0.4 is 22.1 Å². The van der Waals surface area contributed by atoms with Crippen LogP contribution in [0.2, 0.25) is 0 Å². The van der Waals surface area contributed by atoms with Crippen molar-refractivity contribution < 1.29 is 29.3 Å². The molecule has 10 nitrogen and oxygen atoms in total. The summed E-state index contributed by atoms with van der Waals surface area (Å²) in [6.45, 7) is 13.5. The summed E-state index contributed by atoms with van der Waals surface area (Å²) in [6.07, 6.45) is 1.69. The molecule has 0 saturated heterocycles. The zero-order valence-corrected chi connectivity index (χ0v) is 23.8. The predicted molar refractivity (Wildman–Crippen MR) is 143 cm³/mol. The molecular formula is C27H52N4O6. The summed E-state index contributed by atoms with van der Waals surface area (Å²) in [6, 6.07) is -0.117. The van der Waals surface area contributed by atoms with Crippen molar-refractivity contribution >= 4 is 12.2 Å². The summed E-state index contributed by atoms with van der Waals surface area (Å²) in [5.74, 6) is 0. The van der Waals surface area contributed by atoms with Gasteiger partial charge in [-0.3, -0.25) is 0 Å². The smallest absolute Gasteiger partial charge is 0.407 e. The van der Waals surface area contributed by atoms with E-state index in [1.807, 2.05) is 0 Å². The molecule has 0 aromatic rings. The lowest BCUT2D eigenvalue weighted by atomic mass is 9.62. The van der Waals surface area contributed by atoms with Gasteiger partial charge in [0.2, 0.25) is 0 Å². The number of carbonyl (C=O) groups excluding carboxylic acids is 2. The Kier molecular flexibility index (Phi) is 10.7. The van der Waals surface area contributed by atoms with Crippen LogP contribution in [0.5, 0.6) is 0 Å². The number of nitrogens with one attached hydrogen (secondary N) is 2. The first-order valence-electron chi connectivity index (χ1n) is 13.6. The zero-order valence-electron chi connectivity index (χ0n) is 23.8. The average Bonchev–Trinajstić information content (AvgIpc) is 2.73. The molecule has 2 amide bonds. The van der Waals surface area contributed by atoms with Crippen LogP contribution in [0.15, 0.2) is 0 Å². The largest absolute Gasteiger partial charge is 0.447 e. The molecular weight excluding hydrogens is 476 g/mol. The lowest BCUT2D eigenvalue weighted by Gasteiger charge is -2.46. The molecule has 6 atom stereocenters. The molecule has 216 valence electrons. The number of hydrogen-bond donors (Lipinski definition) is 6. The van der Waals surface area contributed by atoms with E-state index in [4.69, 9.17) is 20.9 Å². The Morgan fingerprint density at radius 3 is 1.43 bits per heavy atom. The number of nitrogens with two attached hydrogens (primary N) is 2. The van der Waals surface area contributed by atoms with Gasteiger partial charge in [0.05, 0.1) is 12.2 Å². The maximum absolute atomic E-state index is 12.3. The molecule has 2 rings (SSSR count). The molecule has 0 aromatic heterocycles. The van der Waals surface area contributed by atoms with Crippen LogP contribution in [0.3, 0.4) is 0 Å². The van der Waals surface area contributed by atoms with Crippen LogP contribution >= 0.6 is 0 Å². The van der Waals surface area contributed by atoms with Gasteiger partial charge in [0, 0.05) is 18.5 Å². The Morgan fingerprint density at radius 2 is 1.11 bits per heavy atom. The van der Waals surface area contributed by atoms with Gasteiger partial charge in [-0.1, -0.05) is 41.5 Å². The Bertz CT molecular complexity index is 716. The number of carbonyl (C=O) groups is 2. The normalized spacial score (nSPS) is 32.6. The van der Waals surface area contributed by atoms with Gasteiger partial charge in [-0.25, -0.2) is 9.59 Å². The number of aliphatic hydroxyl groups is 2. The van der Waals surface area contributed by atoms with Gasteiger partial charge in [0.1, 0.15) is 13.2 Å². The quantitative estimate of drug-likeness (QED) is 0.251. The summed E-state index contributed by atoms with van der Waals surface area (Å²) in [4.78, 5) is 24.6. The Hall–Kier alpha value is -1.62. The van der Waals surface area contributed by atoms with E-state index in [0.717, 1.165) is 38.5 Å². The molecule has 0 spiro atoms. The molecule has 2 aliphatic rings. The fraction of sp³-hybridized carbons (Fsp3) is 0.926. The van der Waals surface area contributed by atoms with E-state index in [9.17, 15) is 19.8 Å². The van der Waals surface area contributed by atoms with Crippen LogP contribution in [-0.2, 0) is 9.47 Å². The van der Waals surface area contributed by atoms with E-state index in [1.165, 1.54) is 0 Å². The molecule has 6 unspecified atom stereocenters. The monoisotopic (exact) mass is 528 g/mol. The van der Waals surface area contributed by atoms with E-state index < -0.39 is 24.4 Å². The van der Waals surface area contributed by atoms with Crippen LogP contribution in [0, 0.1) is 21.7 Å². The molecule has 10 heteroatoms. The zero-order chi connectivity index (χ0) is 28.1. The van der Waals surface area contributed by atoms with Gasteiger partial charge >= 0.3 is 12.2 Å². The Labute approximate surface area is 222 Å². The van der Waals surface area contributed by atoms with Crippen LogP contribution in [0.25, 0.3) is 0 Å². The summed E-state index contributed by atoms with van der Waals surface area (Å²) in [5.41, 5.74) is 12.0. The highest BCUT2D eigenvalue weighted by Gasteiger charge is 2.42. The standard InChI is InChI=1S/C27H52N4O6/c1-24(2)8-18(10-26(5,14-24)16-28)30-22(34)36-12-20(32)7-21(33)13-37-23(35)31-19-9-25(3,4)15-27(6,11-19)17-29/h18-21,32-33H,7-17,28-29H2,1-6H3,(H,30,34)(H,31,35). The van der Waals surface area contributed by atoms with E-state index >= 15 is 0 Å². The number of amides is 2. The SMILES string of the molecule is CC1(C)CC(NC(=O)OCC(O)CC(O)COC(=O)NC2CC(C)(C)CC(C)(CN)C2)CC(C)(CN)C1. The van der Waals surface area contributed by atoms with Gasteiger partial charge in [-0.05, 0) is 73.3 Å². The summed E-state index contributed by atoms with van der Waals surface area (Å²) in [7, 11) is 0. The summed E-state index contributed by atoms with van der Waals surface area (Å²) >= 11 is 0. The topological polar surface area (TPSA) is 169 Å². The van der Waals surface area contributed by atoms with Crippen molar-refractivity contribution in [3.8, 4) is 0 Å². The summed E-state index contributed by atoms with van der Waals surface area (Å²) < 4.78 is 10.4. The molecule has 2 aliphatic carbocycles. The Balaban J connectivity index is 1.69. The molecule has 0 radical (unpaired) electrons.